The highest BCUT2D eigenvalue weighted by atomic mass is 16.2. The van der Waals surface area contributed by atoms with Gasteiger partial charge in [0.05, 0.1) is 5.41 Å². The molecule has 2 aliphatic heterocycles. The van der Waals surface area contributed by atoms with E-state index < -0.39 is 0 Å². The molecule has 0 aromatic rings. The monoisotopic (exact) mass is 1290 g/mol. The van der Waals surface area contributed by atoms with Crippen molar-refractivity contribution in [2.75, 3.05) is 7.05 Å². The van der Waals surface area contributed by atoms with Gasteiger partial charge in [-0.25, -0.2) is 0 Å². The Labute approximate surface area is 584 Å². The van der Waals surface area contributed by atoms with Crippen molar-refractivity contribution in [3.63, 3.8) is 0 Å². The maximum Gasteiger partial charge on any atom is 0.229 e. The van der Waals surface area contributed by atoms with Crippen LogP contribution in [-0.2, 0) is 4.79 Å². The minimum absolute atomic E-state index is 0.0363. The molecule has 16 aliphatic rings. The number of hydrogen-bond acceptors (Lipinski definition) is 1. The Hall–Kier alpha value is -0.530. The molecular formula is C90H179NO. The summed E-state index contributed by atoms with van der Waals surface area (Å²) in [6.45, 7) is 81.4. The summed E-state index contributed by atoms with van der Waals surface area (Å²) in [5.41, 5.74) is 7.79. The molecule has 0 N–H and O–H groups in total. The van der Waals surface area contributed by atoms with Gasteiger partial charge in [-0.1, -0.05) is 256 Å². The highest BCUT2D eigenvalue weighted by Crippen LogP contribution is 2.79. The van der Waals surface area contributed by atoms with Crippen molar-refractivity contribution in [3.8, 4) is 0 Å². The Kier molecular flexibility index (Phi) is 35.2. The van der Waals surface area contributed by atoms with Gasteiger partial charge >= 0.3 is 0 Å². The summed E-state index contributed by atoms with van der Waals surface area (Å²) < 4.78 is 0. The molecule has 1 amide bonds. The summed E-state index contributed by atoms with van der Waals surface area (Å²) in [4.78, 5) is 14.7. The number of amides is 1. The van der Waals surface area contributed by atoms with Crippen molar-refractivity contribution in [1.82, 2.24) is 4.90 Å². The quantitative estimate of drug-likeness (QED) is 0.191. The van der Waals surface area contributed by atoms with Gasteiger partial charge in [0.15, 0.2) is 0 Å². The molecule has 2 heteroatoms. The second-order valence-corrected chi connectivity index (χ2v) is 37.2. The van der Waals surface area contributed by atoms with Crippen molar-refractivity contribution in [3.05, 3.63) is 0 Å². The average molecular weight is 1290 g/mol. The molecule has 12 bridgehead atoms. The third-order valence-corrected chi connectivity index (χ3v) is 32.0. The van der Waals surface area contributed by atoms with Gasteiger partial charge < -0.3 is 4.90 Å². The summed E-state index contributed by atoms with van der Waals surface area (Å²) >= 11 is 0. The summed E-state index contributed by atoms with van der Waals surface area (Å²) in [6, 6.07) is 0. The SMILES string of the molecule is CC.CC.CC.CC.CC.CC.CC(C)C12CC(C(C)C)(C1)C2.CC(C)C12CCC(C(C)C)(C1)C2.CC(C)C12CCC(C(C)C)(CC1)C2.CC(C)C12CCC(C(C)C)(CC1)CC2.CC(C)C12CCC(C(C)C)(CC1)N(C)C2=O.CC(C)C12CCCC(C(C)C)(CC1)C2. The van der Waals surface area contributed by atoms with Crippen molar-refractivity contribution in [2.24, 2.45) is 131 Å². The van der Waals surface area contributed by atoms with E-state index in [-0.39, 0.29) is 11.0 Å². The number of fused-ring (bicyclic) bond motifs is 11. The van der Waals surface area contributed by atoms with Crippen molar-refractivity contribution >= 4 is 5.91 Å². The zero-order valence-corrected chi connectivity index (χ0v) is 71.1. The molecule has 0 aromatic heterocycles. The van der Waals surface area contributed by atoms with Gasteiger partial charge in [0, 0.05) is 12.6 Å². The first-order valence-electron chi connectivity index (χ1n) is 42.2. The Morgan fingerprint density at radius 1 is 0.217 bits per heavy atom. The molecule has 2 atom stereocenters. The zero-order valence-electron chi connectivity index (χ0n) is 71.1. The van der Waals surface area contributed by atoms with E-state index in [1.807, 2.05) is 90.1 Å². The van der Waals surface area contributed by atoms with Gasteiger partial charge in [-0.2, -0.15) is 0 Å². The third kappa shape index (κ3) is 17.4. The molecule has 14 aliphatic carbocycles. The molecule has 2 nitrogen and oxygen atoms in total. The minimum Gasteiger partial charge on any atom is -0.339 e. The molecule has 16 fully saturated rings. The van der Waals surface area contributed by atoms with Crippen LogP contribution in [0.2, 0.25) is 0 Å². The third-order valence-electron chi connectivity index (χ3n) is 32.0. The molecule has 14 saturated carbocycles. The highest BCUT2D eigenvalue weighted by Gasteiger charge is 2.69. The standard InChI is InChI=1S/C14H25NO.2C14H26.C13H24.C12H22.C11H20.6C2H6/c1-10(2)13-6-8-14(9-7-13,11(3)4)15(5)12(13)16;1-11(2)13-5-8-14(9-6-13,10-7-13)12(3)4;1-11(2)13-6-5-7-14(10-13,9-8-13)12(3)4;1-10(2)12-5-7-13(9-12,8-6-12)11(3)4;1-9(2)11-5-6-12(7-11,8-11)10(3)4;1-8(2)10-5-11(6-10,7-10)9(3)4;6*1-2/h10-11H,6-9H2,1-5H3;2*11-12H,5-10H2,1-4H3;10-11H,5-9H2,1-4H3;9-10H,5-8H2,1-4H3;8-9H,5-7H2,1-4H3;6*1-2H3. The fourth-order valence-electron chi connectivity index (χ4n) is 22.8. The lowest BCUT2D eigenvalue weighted by atomic mass is 9.30. The van der Waals surface area contributed by atoms with E-state index in [1.165, 1.54) is 167 Å². The minimum atomic E-state index is -0.0363. The van der Waals surface area contributed by atoms with Crippen LogP contribution in [-0.4, -0.2) is 23.4 Å². The molecule has 0 radical (unpaired) electrons. The summed E-state index contributed by atoms with van der Waals surface area (Å²) in [5, 5.41) is 0. The molecule has 2 heterocycles. The van der Waals surface area contributed by atoms with E-state index in [9.17, 15) is 4.79 Å². The number of carbonyl (C=O) groups excluding carboxylic acids is 1. The Bertz CT molecular complexity index is 1880. The maximum atomic E-state index is 12.6. The van der Waals surface area contributed by atoms with Crippen LogP contribution >= 0.6 is 0 Å². The summed E-state index contributed by atoms with van der Waals surface area (Å²) in [6.07, 6.45) is 41.1. The number of rotatable bonds is 12. The first-order valence-corrected chi connectivity index (χ1v) is 42.2. The number of piperidine rings is 2. The molecule has 0 spiro atoms. The Balaban J connectivity index is 0.000000535. The second-order valence-electron chi connectivity index (χ2n) is 37.2. The molecule has 2 saturated heterocycles. The normalized spacial score (nSPS) is 37.9. The van der Waals surface area contributed by atoms with Crippen LogP contribution in [0, 0.1) is 131 Å². The first-order chi connectivity index (χ1) is 42.9. The predicted molar refractivity (Wildman–Crippen MR) is 418 cm³/mol. The van der Waals surface area contributed by atoms with Crippen molar-refractivity contribution in [2.45, 2.75) is 435 Å². The first kappa shape index (κ1) is 89.5. The highest BCUT2D eigenvalue weighted by molar-refractivity contribution is 5.85. The lowest BCUT2D eigenvalue weighted by Crippen LogP contribution is -2.67. The summed E-state index contributed by atoms with van der Waals surface area (Å²) in [5.74, 6) is 10.6. The maximum absolute atomic E-state index is 12.6. The topological polar surface area (TPSA) is 20.3 Å². The fraction of sp³-hybridized carbons (Fsp3) is 0.989. The van der Waals surface area contributed by atoms with Gasteiger partial charge in [0.2, 0.25) is 5.91 Å². The van der Waals surface area contributed by atoms with Gasteiger partial charge in [0.1, 0.15) is 0 Å². The molecule has 2 unspecified atom stereocenters. The van der Waals surface area contributed by atoms with Crippen LogP contribution in [0.4, 0.5) is 0 Å². The van der Waals surface area contributed by atoms with Gasteiger partial charge in [-0.3, -0.25) is 4.79 Å². The number of carbonyl (C=O) groups is 1. The smallest absolute Gasteiger partial charge is 0.229 e. The van der Waals surface area contributed by atoms with E-state index in [1.54, 1.807) is 0 Å². The van der Waals surface area contributed by atoms with E-state index >= 15 is 0 Å². The second kappa shape index (κ2) is 36.2. The van der Waals surface area contributed by atoms with Crippen LogP contribution in [0.1, 0.15) is 429 Å². The number of nitrogens with zero attached hydrogens (tertiary/aromatic N) is 1. The lowest BCUT2D eigenvalue weighted by Gasteiger charge is -2.75. The molecular weight excluding hydrogens is 1110 g/mol. The molecule has 92 heavy (non-hydrogen) atoms. The van der Waals surface area contributed by atoms with Gasteiger partial charge in [0.25, 0.3) is 0 Å². The van der Waals surface area contributed by atoms with Crippen LogP contribution in [0.15, 0.2) is 0 Å². The lowest BCUT2D eigenvalue weighted by molar-refractivity contribution is -0.252. The van der Waals surface area contributed by atoms with Crippen molar-refractivity contribution < 1.29 is 4.79 Å². The van der Waals surface area contributed by atoms with E-state index in [0.717, 1.165) is 126 Å². The average Bonchev–Trinajstić information content (AvgIpc) is 0.989. The van der Waals surface area contributed by atoms with Crippen LogP contribution in [0.3, 0.4) is 0 Å². The molecule has 16 rings (SSSR count). The van der Waals surface area contributed by atoms with Gasteiger partial charge in [-0.05, 0) is 299 Å². The predicted octanol–water partition coefficient (Wildman–Crippen LogP) is 30.1. The van der Waals surface area contributed by atoms with Crippen LogP contribution in [0.25, 0.3) is 0 Å². The molecule has 550 valence electrons. The Morgan fingerprint density at radius 3 is 0.587 bits per heavy atom. The van der Waals surface area contributed by atoms with Crippen molar-refractivity contribution in [1.29, 1.82) is 0 Å². The fourth-order valence-corrected chi connectivity index (χ4v) is 22.8. The largest absolute Gasteiger partial charge is 0.339 e. The zero-order chi connectivity index (χ0) is 71.9. The Morgan fingerprint density at radius 2 is 0.402 bits per heavy atom. The molecule has 0 aromatic carbocycles. The van der Waals surface area contributed by atoms with Crippen LogP contribution < -0.4 is 0 Å². The van der Waals surface area contributed by atoms with E-state index in [2.05, 4.69) is 171 Å². The number of hydrogen-bond donors (Lipinski definition) is 0. The summed E-state index contributed by atoms with van der Waals surface area (Å²) in [7, 11) is 2.03. The van der Waals surface area contributed by atoms with Gasteiger partial charge in [-0.15, -0.1) is 0 Å². The van der Waals surface area contributed by atoms with E-state index in [4.69, 9.17) is 0 Å². The van der Waals surface area contributed by atoms with E-state index in [0.29, 0.717) is 17.7 Å². The van der Waals surface area contributed by atoms with Crippen LogP contribution in [0.5, 0.6) is 0 Å².